The molecule has 5 nitrogen and oxygen atoms in total. The highest BCUT2D eigenvalue weighted by Gasteiger charge is 2.36. The highest BCUT2D eigenvalue weighted by atomic mass is 79.9. The topological polar surface area (TPSA) is 80.5 Å². The van der Waals surface area contributed by atoms with E-state index in [2.05, 4.69) is 15.9 Å². The number of nitrogens with zero attached hydrogens (tertiary/aromatic N) is 1. The summed E-state index contributed by atoms with van der Waals surface area (Å²) in [4.78, 5) is 37.1. The largest absolute Gasteiger partial charge is 0.366 e. The van der Waals surface area contributed by atoms with Crippen molar-refractivity contribution in [3.63, 3.8) is 0 Å². The summed E-state index contributed by atoms with van der Waals surface area (Å²) in [5, 5.41) is 0. The van der Waals surface area contributed by atoms with E-state index in [0.717, 1.165) is 4.90 Å². The van der Waals surface area contributed by atoms with Gasteiger partial charge in [0.2, 0.25) is 5.91 Å². The molecule has 0 unspecified atom stereocenters. The lowest BCUT2D eigenvalue weighted by Crippen LogP contribution is -2.29. The molecule has 0 saturated heterocycles. The minimum absolute atomic E-state index is 0.212. The van der Waals surface area contributed by atoms with Crippen molar-refractivity contribution in [3.05, 3.63) is 63.6 Å². The van der Waals surface area contributed by atoms with Crippen LogP contribution in [0.15, 0.2) is 46.9 Å². The lowest BCUT2D eigenvalue weighted by Gasteiger charge is -2.15. The lowest BCUT2D eigenvalue weighted by atomic mass is 10.1. The zero-order chi connectivity index (χ0) is 15.1. The molecule has 104 valence electrons. The highest BCUT2D eigenvalue weighted by molar-refractivity contribution is 9.10. The molecule has 0 saturated carbocycles. The number of anilines is 1. The van der Waals surface area contributed by atoms with E-state index in [4.69, 9.17) is 5.73 Å². The van der Waals surface area contributed by atoms with Crippen LogP contribution < -0.4 is 10.6 Å². The second kappa shape index (κ2) is 4.82. The van der Waals surface area contributed by atoms with Crippen molar-refractivity contribution in [2.45, 2.75) is 0 Å². The van der Waals surface area contributed by atoms with Crippen molar-refractivity contribution in [1.29, 1.82) is 0 Å². The van der Waals surface area contributed by atoms with Gasteiger partial charge in [0.05, 0.1) is 22.4 Å². The number of hydrogen-bond donors (Lipinski definition) is 1. The Balaban J connectivity index is 2.11. The van der Waals surface area contributed by atoms with E-state index in [-0.39, 0.29) is 5.56 Å². The smallest absolute Gasteiger partial charge is 0.266 e. The van der Waals surface area contributed by atoms with E-state index in [1.807, 2.05) is 0 Å². The van der Waals surface area contributed by atoms with Gasteiger partial charge in [-0.3, -0.25) is 14.4 Å². The van der Waals surface area contributed by atoms with E-state index in [0.29, 0.717) is 21.3 Å². The summed E-state index contributed by atoms with van der Waals surface area (Å²) in [6.45, 7) is 0. The number of benzene rings is 2. The predicted molar refractivity (Wildman–Crippen MR) is 80.2 cm³/mol. The molecule has 2 aromatic carbocycles. The van der Waals surface area contributed by atoms with Crippen LogP contribution in [-0.4, -0.2) is 17.7 Å². The van der Waals surface area contributed by atoms with Crippen LogP contribution >= 0.6 is 15.9 Å². The van der Waals surface area contributed by atoms with E-state index in [1.165, 1.54) is 6.07 Å². The minimum atomic E-state index is -0.639. The van der Waals surface area contributed by atoms with Crippen LogP contribution in [0.2, 0.25) is 0 Å². The maximum Gasteiger partial charge on any atom is 0.266 e. The molecule has 0 fully saturated rings. The third kappa shape index (κ3) is 2.04. The minimum Gasteiger partial charge on any atom is -0.366 e. The number of halogens is 1. The first-order chi connectivity index (χ1) is 10.0. The Hall–Kier alpha value is -2.47. The average molecular weight is 345 g/mol. The SMILES string of the molecule is NC(=O)c1cc(N2C(=O)c3ccccc3C2=O)ccc1Br. The number of primary amides is 1. The van der Waals surface area contributed by atoms with Gasteiger partial charge in [-0.15, -0.1) is 0 Å². The van der Waals surface area contributed by atoms with Crippen LogP contribution in [0.3, 0.4) is 0 Å². The van der Waals surface area contributed by atoms with E-state index >= 15 is 0 Å². The zero-order valence-electron chi connectivity index (χ0n) is 10.7. The molecule has 1 aliphatic heterocycles. The zero-order valence-corrected chi connectivity index (χ0v) is 12.3. The summed E-state index contributed by atoms with van der Waals surface area (Å²) >= 11 is 3.21. The molecule has 0 bridgehead atoms. The fraction of sp³-hybridized carbons (Fsp3) is 0. The molecule has 21 heavy (non-hydrogen) atoms. The van der Waals surface area contributed by atoms with Gasteiger partial charge in [0, 0.05) is 4.47 Å². The fourth-order valence-electron chi connectivity index (χ4n) is 2.26. The molecule has 1 heterocycles. The number of hydrogen-bond acceptors (Lipinski definition) is 3. The van der Waals surface area contributed by atoms with Gasteiger partial charge in [0.25, 0.3) is 11.8 Å². The highest BCUT2D eigenvalue weighted by Crippen LogP contribution is 2.30. The van der Waals surface area contributed by atoms with Gasteiger partial charge in [-0.25, -0.2) is 4.90 Å². The Labute approximate surface area is 128 Å². The molecule has 0 atom stereocenters. The predicted octanol–water partition coefficient (Wildman–Crippen LogP) is 2.35. The molecular formula is C15H9BrN2O3. The van der Waals surface area contributed by atoms with E-state index in [1.54, 1.807) is 36.4 Å². The standard InChI is InChI=1S/C15H9BrN2O3/c16-12-6-5-8(7-11(12)13(17)19)18-14(20)9-3-1-2-4-10(9)15(18)21/h1-7H,(H2,17,19). The molecule has 2 N–H and O–H groups in total. The summed E-state index contributed by atoms with van der Waals surface area (Å²) in [6.07, 6.45) is 0. The first-order valence-corrected chi connectivity index (χ1v) is 6.87. The maximum atomic E-state index is 12.4. The molecule has 0 radical (unpaired) electrons. The molecule has 6 heteroatoms. The van der Waals surface area contributed by atoms with Crippen LogP contribution in [0.4, 0.5) is 5.69 Å². The summed E-state index contributed by atoms with van der Waals surface area (Å²) < 4.78 is 0.510. The van der Waals surface area contributed by atoms with Crippen LogP contribution in [0, 0.1) is 0 Å². The van der Waals surface area contributed by atoms with E-state index in [9.17, 15) is 14.4 Å². The third-order valence-corrected chi connectivity index (χ3v) is 3.96. The molecule has 0 spiro atoms. The first kappa shape index (κ1) is 13.5. The number of rotatable bonds is 2. The molecule has 1 aliphatic rings. The summed E-state index contributed by atoms with van der Waals surface area (Å²) in [6, 6.07) is 11.2. The van der Waals surface area contributed by atoms with Gasteiger partial charge in [0.1, 0.15) is 0 Å². The van der Waals surface area contributed by atoms with Gasteiger partial charge in [-0.2, -0.15) is 0 Å². The quantitative estimate of drug-likeness (QED) is 0.849. The Bertz CT molecular complexity index is 766. The van der Waals surface area contributed by atoms with Crippen molar-refractivity contribution in [1.82, 2.24) is 0 Å². The first-order valence-electron chi connectivity index (χ1n) is 6.08. The van der Waals surface area contributed by atoms with Crippen molar-refractivity contribution in [2.75, 3.05) is 4.90 Å². The molecule has 2 aromatic rings. The number of amides is 3. The summed E-state index contributed by atoms with van der Waals surface area (Å²) in [5.41, 5.74) is 6.51. The Morgan fingerprint density at radius 3 is 2.10 bits per heavy atom. The number of carbonyl (C=O) groups excluding carboxylic acids is 3. The maximum absolute atomic E-state index is 12.4. The summed E-state index contributed by atoms with van der Waals surface area (Å²) in [5.74, 6) is -1.46. The number of fused-ring (bicyclic) bond motifs is 1. The summed E-state index contributed by atoms with van der Waals surface area (Å²) in [7, 11) is 0. The van der Waals surface area contributed by atoms with Gasteiger partial charge in [-0.05, 0) is 46.3 Å². The average Bonchev–Trinajstić information content (AvgIpc) is 2.72. The van der Waals surface area contributed by atoms with Crippen molar-refractivity contribution in [3.8, 4) is 0 Å². The Morgan fingerprint density at radius 2 is 1.57 bits per heavy atom. The van der Waals surface area contributed by atoms with E-state index < -0.39 is 17.7 Å². The molecule has 0 aromatic heterocycles. The van der Waals surface area contributed by atoms with Crippen molar-refractivity contribution < 1.29 is 14.4 Å². The molecular weight excluding hydrogens is 336 g/mol. The number of carbonyl (C=O) groups is 3. The van der Waals surface area contributed by atoms with Crippen LogP contribution in [0.25, 0.3) is 0 Å². The van der Waals surface area contributed by atoms with Crippen LogP contribution in [0.5, 0.6) is 0 Å². The van der Waals surface area contributed by atoms with Crippen LogP contribution in [-0.2, 0) is 0 Å². The molecule has 0 aliphatic carbocycles. The fourth-order valence-corrected chi connectivity index (χ4v) is 2.71. The van der Waals surface area contributed by atoms with Crippen molar-refractivity contribution >= 4 is 39.3 Å². The lowest BCUT2D eigenvalue weighted by molar-refractivity contribution is 0.0923. The van der Waals surface area contributed by atoms with Gasteiger partial charge < -0.3 is 5.73 Å². The Morgan fingerprint density at radius 1 is 1.00 bits per heavy atom. The van der Waals surface area contributed by atoms with Gasteiger partial charge in [0.15, 0.2) is 0 Å². The molecule has 3 rings (SSSR count). The molecule has 3 amide bonds. The second-order valence-electron chi connectivity index (χ2n) is 4.52. The normalized spacial score (nSPS) is 13.5. The number of nitrogens with two attached hydrogens (primary N) is 1. The van der Waals surface area contributed by atoms with Crippen molar-refractivity contribution in [2.24, 2.45) is 5.73 Å². The monoisotopic (exact) mass is 344 g/mol. The Kier molecular flexibility index (Phi) is 3.10. The number of imide groups is 1. The van der Waals surface area contributed by atoms with Gasteiger partial charge in [-0.1, -0.05) is 12.1 Å². The van der Waals surface area contributed by atoms with Gasteiger partial charge >= 0.3 is 0 Å². The second-order valence-corrected chi connectivity index (χ2v) is 5.37. The third-order valence-electron chi connectivity index (χ3n) is 3.27. The van der Waals surface area contributed by atoms with Crippen LogP contribution in [0.1, 0.15) is 31.1 Å².